The normalized spacial score (nSPS) is 12.8. The molecule has 69 heavy (non-hydrogen) atoms. The first kappa shape index (κ1) is 39.0. The van der Waals surface area contributed by atoms with E-state index in [4.69, 9.17) is 23.8 Å². The molecule has 14 rings (SSSR count). The summed E-state index contributed by atoms with van der Waals surface area (Å²) in [5.74, 6) is 1.71. The van der Waals surface area contributed by atoms with E-state index in [1.54, 1.807) is 0 Å². The number of aromatic nitrogens is 3. The van der Waals surface area contributed by atoms with E-state index in [2.05, 4.69) is 170 Å². The first-order chi connectivity index (χ1) is 34.2. The predicted octanol–water partition coefficient (Wildman–Crippen LogP) is 16.4. The van der Waals surface area contributed by atoms with Gasteiger partial charge in [0.2, 0.25) is 0 Å². The zero-order chi connectivity index (χ0) is 45.5. The topological polar surface area (TPSA) is 65.0 Å². The van der Waals surface area contributed by atoms with Crippen molar-refractivity contribution >= 4 is 43.9 Å². The van der Waals surface area contributed by atoms with E-state index < -0.39 is 5.41 Å². The standard InChI is InChI=1S/C64H39N3O2/c1-4-16-42(17-5-1)61-65-62(44-34-36-49-48-22-11-13-28-55(48)69-58(49)39-44)67-63(66-61)51-25-15-29-57-60(51)52-38-43(35-37-56(52)68-57)40-30-32-41(33-31-40)47-24-14-27-54-59(47)50-23-10-12-26-53(50)64(54,45-18-6-2-7-19-45)46-20-8-3-9-21-46/h1-39H. The van der Waals surface area contributed by atoms with E-state index in [0.717, 1.165) is 71.7 Å². The lowest BCUT2D eigenvalue weighted by Crippen LogP contribution is -2.28. The largest absolute Gasteiger partial charge is 0.456 e. The molecule has 0 amide bonds. The molecular formula is C64H39N3O2. The molecule has 5 heteroatoms. The summed E-state index contributed by atoms with van der Waals surface area (Å²) in [6, 6.07) is 83.6. The summed E-state index contributed by atoms with van der Waals surface area (Å²) in [5.41, 5.74) is 17.6. The van der Waals surface area contributed by atoms with Crippen molar-refractivity contribution in [1.29, 1.82) is 0 Å². The van der Waals surface area contributed by atoms with Crippen molar-refractivity contribution < 1.29 is 8.83 Å². The Bertz CT molecular complexity index is 4080. The molecule has 0 saturated heterocycles. The van der Waals surface area contributed by atoms with Gasteiger partial charge in [0.15, 0.2) is 17.5 Å². The molecule has 1 aliphatic rings. The minimum atomic E-state index is -0.457. The molecule has 0 atom stereocenters. The second kappa shape index (κ2) is 15.4. The summed E-state index contributed by atoms with van der Waals surface area (Å²) in [4.78, 5) is 15.4. The van der Waals surface area contributed by atoms with Gasteiger partial charge >= 0.3 is 0 Å². The molecule has 0 aliphatic heterocycles. The molecule has 0 bridgehead atoms. The first-order valence-electron chi connectivity index (χ1n) is 23.3. The number of hydrogen-bond donors (Lipinski definition) is 0. The maximum absolute atomic E-state index is 6.56. The molecule has 3 aromatic heterocycles. The lowest BCUT2D eigenvalue weighted by molar-refractivity contribution is 0.668. The molecule has 0 N–H and O–H groups in total. The fourth-order valence-electron chi connectivity index (χ4n) is 11.0. The number of hydrogen-bond acceptors (Lipinski definition) is 5. The molecular weight excluding hydrogens is 843 g/mol. The fourth-order valence-corrected chi connectivity index (χ4v) is 11.0. The second-order valence-corrected chi connectivity index (χ2v) is 17.8. The van der Waals surface area contributed by atoms with Gasteiger partial charge in [-0.25, -0.2) is 15.0 Å². The highest BCUT2D eigenvalue weighted by atomic mass is 16.3. The number of para-hydroxylation sites is 1. The Kier molecular flexibility index (Phi) is 8.73. The quantitative estimate of drug-likeness (QED) is 0.160. The highest BCUT2D eigenvalue weighted by Gasteiger charge is 2.46. The summed E-state index contributed by atoms with van der Waals surface area (Å²) in [7, 11) is 0. The van der Waals surface area contributed by atoms with Gasteiger partial charge in [0.05, 0.1) is 5.41 Å². The van der Waals surface area contributed by atoms with Gasteiger partial charge in [-0.2, -0.15) is 0 Å². The first-order valence-corrected chi connectivity index (χ1v) is 23.3. The third-order valence-corrected chi connectivity index (χ3v) is 14.1. The molecule has 0 spiro atoms. The summed E-state index contributed by atoms with van der Waals surface area (Å²) in [6.07, 6.45) is 0. The lowest BCUT2D eigenvalue weighted by Gasteiger charge is -2.34. The van der Waals surface area contributed by atoms with E-state index in [0.29, 0.717) is 17.5 Å². The van der Waals surface area contributed by atoms with Gasteiger partial charge in [-0.05, 0) is 92.0 Å². The molecule has 3 heterocycles. The van der Waals surface area contributed by atoms with E-state index >= 15 is 0 Å². The van der Waals surface area contributed by atoms with Gasteiger partial charge < -0.3 is 8.83 Å². The van der Waals surface area contributed by atoms with Crippen LogP contribution in [-0.2, 0) is 5.41 Å². The Morgan fingerprint density at radius 1 is 0.290 bits per heavy atom. The highest BCUT2D eigenvalue weighted by Crippen LogP contribution is 2.58. The van der Waals surface area contributed by atoms with Crippen LogP contribution < -0.4 is 0 Å². The Labute approximate surface area is 397 Å². The van der Waals surface area contributed by atoms with Crippen molar-refractivity contribution in [2.75, 3.05) is 0 Å². The number of benzene rings is 10. The van der Waals surface area contributed by atoms with Gasteiger partial charge in [-0.15, -0.1) is 0 Å². The lowest BCUT2D eigenvalue weighted by atomic mass is 9.67. The van der Waals surface area contributed by atoms with E-state index in [1.807, 2.05) is 66.7 Å². The maximum Gasteiger partial charge on any atom is 0.164 e. The van der Waals surface area contributed by atoms with Crippen molar-refractivity contribution in [3.63, 3.8) is 0 Å². The Morgan fingerprint density at radius 2 is 0.826 bits per heavy atom. The molecule has 0 saturated carbocycles. The average molecular weight is 882 g/mol. The molecule has 0 fully saturated rings. The SMILES string of the molecule is c1ccc(-c2nc(-c3ccc4c(c3)oc3ccccc34)nc(-c3cccc4oc5ccc(-c6ccc(-c7cccc8c7-c7ccccc7C8(c7ccccc7)c7ccccc7)cc6)cc5c34)n2)cc1. The molecule has 13 aromatic rings. The predicted molar refractivity (Wildman–Crippen MR) is 279 cm³/mol. The van der Waals surface area contributed by atoms with Crippen LogP contribution in [0.2, 0.25) is 0 Å². The molecule has 322 valence electrons. The van der Waals surface area contributed by atoms with Crippen LogP contribution >= 0.6 is 0 Å². The Morgan fingerprint density at radius 3 is 1.62 bits per heavy atom. The van der Waals surface area contributed by atoms with Crippen LogP contribution in [0.5, 0.6) is 0 Å². The zero-order valence-corrected chi connectivity index (χ0v) is 37.2. The summed E-state index contributed by atoms with van der Waals surface area (Å²) < 4.78 is 12.9. The summed E-state index contributed by atoms with van der Waals surface area (Å²) >= 11 is 0. The van der Waals surface area contributed by atoms with E-state index in [-0.39, 0.29) is 0 Å². The van der Waals surface area contributed by atoms with Crippen LogP contribution in [0.1, 0.15) is 22.3 Å². The fraction of sp³-hybridized carbons (Fsp3) is 0.0156. The Hall–Kier alpha value is -9.19. The van der Waals surface area contributed by atoms with Crippen molar-refractivity contribution in [2.24, 2.45) is 0 Å². The van der Waals surface area contributed by atoms with E-state index in [1.165, 1.54) is 44.5 Å². The number of furan rings is 2. The minimum Gasteiger partial charge on any atom is -0.456 e. The van der Waals surface area contributed by atoms with Gasteiger partial charge in [-0.1, -0.05) is 200 Å². The van der Waals surface area contributed by atoms with Crippen LogP contribution in [0, 0.1) is 0 Å². The van der Waals surface area contributed by atoms with Gasteiger partial charge in [-0.3, -0.25) is 0 Å². The van der Waals surface area contributed by atoms with Gasteiger partial charge in [0.1, 0.15) is 22.3 Å². The van der Waals surface area contributed by atoms with Crippen molar-refractivity contribution in [2.45, 2.75) is 5.41 Å². The maximum atomic E-state index is 6.56. The van der Waals surface area contributed by atoms with Crippen LogP contribution in [0.25, 0.3) is 111 Å². The monoisotopic (exact) mass is 881 g/mol. The van der Waals surface area contributed by atoms with Crippen LogP contribution in [0.4, 0.5) is 0 Å². The molecule has 5 nitrogen and oxygen atoms in total. The highest BCUT2D eigenvalue weighted by molar-refractivity contribution is 6.13. The summed E-state index contributed by atoms with van der Waals surface area (Å²) in [5, 5.41) is 4.07. The van der Waals surface area contributed by atoms with Crippen molar-refractivity contribution in [3.05, 3.63) is 259 Å². The smallest absolute Gasteiger partial charge is 0.164 e. The van der Waals surface area contributed by atoms with Crippen LogP contribution in [0.15, 0.2) is 245 Å². The average Bonchev–Trinajstić information content (AvgIpc) is 4.09. The zero-order valence-electron chi connectivity index (χ0n) is 37.2. The molecule has 1 aliphatic carbocycles. The number of fused-ring (bicyclic) bond motifs is 9. The molecule has 0 unspecified atom stereocenters. The molecule has 0 radical (unpaired) electrons. The third kappa shape index (κ3) is 6.07. The number of rotatable bonds is 7. The van der Waals surface area contributed by atoms with Gasteiger partial charge in [0, 0.05) is 38.2 Å². The van der Waals surface area contributed by atoms with Crippen molar-refractivity contribution in [3.8, 4) is 67.5 Å². The van der Waals surface area contributed by atoms with E-state index in [9.17, 15) is 0 Å². The number of nitrogens with zero attached hydrogens (tertiary/aromatic N) is 3. The van der Waals surface area contributed by atoms with Crippen molar-refractivity contribution in [1.82, 2.24) is 15.0 Å². The van der Waals surface area contributed by atoms with Gasteiger partial charge in [0.25, 0.3) is 0 Å². The molecule has 10 aromatic carbocycles. The third-order valence-electron chi connectivity index (χ3n) is 14.1. The van der Waals surface area contributed by atoms with Crippen LogP contribution in [0.3, 0.4) is 0 Å². The second-order valence-electron chi connectivity index (χ2n) is 17.8. The van der Waals surface area contributed by atoms with Crippen LogP contribution in [-0.4, -0.2) is 15.0 Å². The minimum absolute atomic E-state index is 0.457. The summed E-state index contributed by atoms with van der Waals surface area (Å²) in [6.45, 7) is 0. The Balaban J connectivity index is 0.880.